The average Bonchev–Trinajstić information content (AvgIpc) is 2.80. The molecule has 2 atom stereocenters. The minimum atomic E-state index is -0.236. The highest BCUT2D eigenvalue weighted by Gasteiger charge is 2.27. The number of halogens is 2. The number of nitrogens with one attached hydrogen (secondary N) is 1. The van der Waals surface area contributed by atoms with Crippen molar-refractivity contribution < 1.29 is 4.39 Å². The van der Waals surface area contributed by atoms with Crippen LogP contribution in [0.5, 0.6) is 0 Å². The topological polar surface area (TPSA) is 12.0 Å². The highest BCUT2D eigenvalue weighted by Crippen LogP contribution is 2.30. The van der Waals surface area contributed by atoms with Crippen molar-refractivity contribution >= 4 is 11.6 Å². The van der Waals surface area contributed by atoms with Gasteiger partial charge in [0.25, 0.3) is 0 Å². The first-order chi connectivity index (χ1) is 8.72. The predicted molar refractivity (Wildman–Crippen MR) is 74.5 cm³/mol. The van der Waals surface area contributed by atoms with Crippen molar-refractivity contribution in [3.05, 3.63) is 34.6 Å². The summed E-state index contributed by atoms with van der Waals surface area (Å²) in [6.45, 7) is 3.23. The Morgan fingerprint density at radius 2 is 2.22 bits per heavy atom. The Balaban J connectivity index is 2.01. The molecule has 0 aromatic heterocycles. The van der Waals surface area contributed by atoms with Crippen LogP contribution in [0.25, 0.3) is 0 Å². The van der Waals surface area contributed by atoms with E-state index in [0.717, 1.165) is 24.9 Å². The SMILES string of the molecule is CCCNC1CCCC1Cc1cccc(Cl)c1F. The van der Waals surface area contributed by atoms with Gasteiger partial charge in [0.15, 0.2) is 0 Å². The Labute approximate surface area is 114 Å². The Bertz CT molecular complexity index is 394. The van der Waals surface area contributed by atoms with E-state index in [9.17, 15) is 4.39 Å². The van der Waals surface area contributed by atoms with Crippen LogP contribution in [0.3, 0.4) is 0 Å². The normalized spacial score (nSPS) is 23.5. The lowest BCUT2D eigenvalue weighted by Crippen LogP contribution is -2.34. The maximum absolute atomic E-state index is 13.9. The van der Waals surface area contributed by atoms with Gasteiger partial charge in [0.2, 0.25) is 0 Å². The molecule has 1 aromatic rings. The lowest BCUT2D eigenvalue weighted by Gasteiger charge is -2.21. The molecule has 1 saturated carbocycles. The monoisotopic (exact) mass is 269 g/mol. The van der Waals surface area contributed by atoms with Gasteiger partial charge in [0.05, 0.1) is 5.02 Å². The molecule has 0 saturated heterocycles. The molecule has 1 N–H and O–H groups in total. The molecule has 3 heteroatoms. The summed E-state index contributed by atoms with van der Waals surface area (Å²) in [4.78, 5) is 0. The van der Waals surface area contributed by atoms with E-state index in [1.807, 2.05) is 12.1 Å². The Hall–Kier alpha value is -0.600. The average molecular weight is 270 g/mol. The number of hydrogen-bond acceptors (Lipinski definition) is 1. The Kier molecular flexibility index (Phi) is 5.02. The molecule has 1 fully saturated rings. The van der Waals surface area contributed by atoms with Crippen LogP contribution in [0.1, 0.15) is 38.2 Å². The van der Waals surface area contributed by atoms with Crippen LogP contribution in [0, 0.1) is 11.7 Å². The fourth-order valence-corrected chi connectivity index (χ4v) is 3.06. The zero-order chi connectivity index (χ0) is 13.0. The molecule has 1 nitrogen and oxygen atoms in total. The maximum atomic E-state index is 13.9. The van der Waals surface area contributed by atoms with Gasteiger partial charge in [-0.1, -0.05) is 37.1 Å². The molecule has 18 heavy (non-hydrogen) atoms. The summed E-state index contributed by atoms with van der Waals surface area (Å²) in [5, 5.41) is 3.82. The van der Waals surface area contributed by atoms with Gasteiger partial charge in [-0.05, 0) is 49.8 Å². The van der Waals surface area contributed by atoms with Gasteiger partial charge in [0, 0.05) is 6.04 Å². The van der Waals surface area contributed by atoms with Crippen molar-refractivity contribution in [1.82, 2.24) is 5.32 Å². The highest BCUT2D eigenvalue weighted by molar-refractivity contribution is 6.30. The summed E-state index contributed by atoms with van der Waals surface area (Å²) >= 11 is 5.83. The van der Waals surface area contributed by atoms with Crippen LogP contribution in [0.4, 0.5) is 4.39 Å². The van der Waals surface area contributed by atoms with E-state index in [2.05, 4.69) is 12.2 Å². The summed E-state index contributed by atoms with van der Waals surface area (Å²) in [5.74, 6) is 0.310. The van der Waals surface area contributed by atoms with Crippen molar-refractivity contribution in [2.45, 2.75) is 45.1 Å². The van der Waals surface area contributed by atoms with E-state index in [1.165, 1.54) is 19.3 Å². The number of benzene rings is 1. The van der Waals surface area contributed by atoms with Crippen LogP contribution >= 0.6 is 11.6 Å². The molecule has 1 aromatic carbocycles. The second kappa shape index (κ2) is 6.53. The van der Waals surface area contributed by atoms with Gasteiger partial charge in [-0.2, -0.15) is 0 Å². The third kappa shape index (κ3) is 3.24. The molecule has 2 rings (SSSR count). The van der Waals surface area contributed by atoms with Gasteiger partial charge in [-0.3, -0.25) is 0 Å². The molecule has 0 heterocycles. The smallest absolute Gasteiger partial charge is 0.144 e. The van der Waals surface area contributed by atoms with Gasteiger partial charge < -0.3 is 5.32 Å². The Morgan fingerprint density at radius 3 is 3.00 bits per heavy atom. The van der Waals surface area contributed by atoms with Crippen LogP contribution in [0.15, 0.2) is 18.2 Å². The van der Waals surface area contributed by atoms with E-state index in [0.29, 0.717) is 12.0 Å². The summed E-state index contributed by atoms with van der Waals surface area (Å²) in [6.07, 6.45) is 5.59. The van der Waals surface area contributed by atoms with Gasteiger partial charge >= 0.3 is 0 Å². The molecule has 0 aliphatic heterocycles. The third-order valence-corrected chi connectivity index (χ3v) is 4.12. The van der Waals surface area contributed by atoms with Crippen LogP contribution in [-0.2, 0) is 6.42 Å². The van der Waals surface area contributed by atoms with Crippen LogP contribution < -0.4 is 5.32 Å². The summed E-state index contributed by atoms with van der Waals surface area (Å²) in [6, 6.07) is 5.85. The first-order valence-electron chi connectivity index (χ1n) is 6.88. The van der Waals surface area contributed by atoms with Crippen molar-refractivity contribution in [2.75, 3.05) is 6.54 Å². The predicted octanol–water partition coefficient (Wildman–Crippen LogP) is 4.19. The first-order valence-corrected chi connectivity index (χ1v) is 7.26. The van der Waals surface area contributed by atoms with E-state index >= 15 is 0 Å². The molecule has 2 unspecified atom stereocenters. The second-order valence-corrected chi connectivity index (χ2v) is 5.58. The molecule has 0 spiro atoms. The fourth-order valence-electron chi connectivity index (χ4n) is 2.87. The standard InChI is InChI=1S/C15H21ClFN/c1-2-9-18-14-8-4-5-11(14)10-12-6-3-7-13(16)15(12)17/h3,6-7,11,14,18H,2,4-5,8-10H2,1H3. The largest absolute Gasteiger partial charge is 0.314 e. The Morgan fingerprint density at radius 1 is 1.39 bits per heavy atom. The zero-order valence-electron chi connectivity index (χ0n) is 10.9. The molecule has 1 aliphatic carbocycles. The van der Waals surface area contributed by atoms with E-state index < -0.39 is 0 Å². The molecular weight excluding hydrogens is 249 g/mol. The van der Waals surface area contributed by atoms with E-state index in [4.69, 9.17) is 11.6 Å². The van der Waals surface area contributed by atoms with E-state index in [-0.39, 0.29) is 10.8 Å². The van der Waals surface area contributed by atoms with Crippen molar-refractivity contribution in [3.8, 4) is 0 Å². The van der Waals surface area contributed by atoms with Gasteiger partial charge in [-0.15, -0.1) is 0 Å². The lowest BCUT2D eigenvalue weighted by atomic mass is 9.94. The minimum absolute atomic E-state index is 0.236. The van der Waals surface area contributed by atoms with E-state index in [1.54, 1.807) is 6.07 Å². The highest BCUT2D eigenvalue weighted by atomic mass is 35.5. The first kappa shape index (κ1) is 13.8. The summed E-state index contributed by atoms with van der Waals surface area (Å²) in [5.41, 5.74) is 0.762. The number of rotatable bonds is 5. The quantitative estimate of drug-likeness (QED) is 0.845. The molecule has 0 radical (unpaired) electrons. The second-order valence-electron chi connectivity index (χ2n) is 5.17. The van der Waals surface area contributed by atoms with Crippen LogP contribution in [-0.4, -0.2) is 12.6 Å². The van der Waals surface area contributed by atoms with Crippen molar-refractivity contribution in [3.63, 3.8) is 0 Å². The maximum Gasteiger partial charge on any atom is 0.144 e. The van der Waals surface area contributed by atoms with Gasteiger partial charge in [-0.25, -0.2) is 4.39 Å². The molecule has 1 aliphatic rings. The lowest BCUT2D eigenvalue weighted by molar-refractivity contribution is 0.394. The van der Waals surface area contributed by atoms with Gasteiger partial charge in [0.1, 0.15) is 5.82 Å². The molecule has 100 valence electrons. The summed E-state index contributed by atoms with van der Waals surface area (Å²) < 4.78 is 13.9. The number of hydrogen-bond donors (Lipinski definition) is 1. The molecular formula is C15H21ClFN. The fraction of sp³-hybridized carbons (Fsp3) is 0.600. The third-order valence-electron chi connectivity index (χ3n) is 3.83. The molecule has 0 bridgehead atoms. The zero-order valence-corrected chi connectivity index (χ0v) is 11.6. The van der Waals surface area contributed by atoms with Crippen molar-refractivity contribution in [2.24, 2.45) is 5.92 Å². The van der Waals surface area contributed by atoms with Crippen LogP contribution in [0.2, 0.25) is 5.02 Å². The van der Waals surface area contributed by atoms with Crippen molar-refractivity contribution in [1.29, 1.82) is 0 Å². The summed E-state index contributed by atoms with van der Waals surface area (Å²) in [7, 11) is 0. The minimum Gasteiger partial charge on any atom is -0.314 e. The molecule has 0 amide bonds.